The summed E-state index contributed by atoms with van der Waals surface area (Å²) < 4.78 is 10.3. The Morgan fingerprint density at radius 2 is 2.04 bits per heavy atom. The van der Waals surface area contributed by atoms with Crippen molar-refractivity contribution in [3.8, 4) is 17.1 Å². The number of nitrogens with one attached hydrogen (secondary N) is 1. The van der Waals surface area contributed by atoms with E-state index in [4.69, 9.17) is 9.26 Å². The molecule has 1 N–H and O–H groups in total. The number of nitro benzene ring substituents is 1. The van der Waals surface area contributed by atoms with Gasteiger partial charge in [0.05, 0.1) is 23.5 Å². The maximum absolute atomic E-state index is 12.2. The van der Waals surface area contributed by atoms with Crippen molar-refractivity contribution in [2.75, 3.05) is 18.2 Å². The van der Waals surface area contributed by atoms with Gasteiger partial charge in [0.25, 0.3) is 10.9 Å². The Bertz CT molecular complexity index is 1000. The van der Waals surface area contributed by atoms with Gasteiger partial charge in [-0.15, -0.1) is 0 Å². The van der Waals surface area contributed by atoms with Crippen LogP contribution in [0.5, 0.6) is 5.75 Å². The van der Waals surface area contributed by atoms with Gasteiger partial charge >= 0.3 is 0 Å². The van der Waals surface area contributed by atoms with Gasteiger partial charge in [-0.2, -0.15) is 4.98 Å². The van der Waals surface area contributed by atoms with E-state index in [1.165, 1.54) is 25.3 Å². The third-order valence-electron chi connectivity index (χ3n) is 3.71. The average molecular weight is 400 g/mol. The molecule has 3 aromatic rings. The summed E-state index contributed by atoms with van der Waals surface area (Å²) in [5, 5.41) is 17.6. The van der Waals surface area contributed by atoms with Crippen LogP contribution >= 0.6 is 11.8 Å². The van der Waals surface area contributed by atoms with Crippen LogP contribution in [0.4, 0.5) is 11.4 Å². The number of carbonyl (C=O) groups excluding carboxylic acids is 1. The van der Waals surface area contributed by atoms with E-state index in [0.29, 0.717) is 11.6 Å². The van der Waals surface area contributed by atoms with E-state index >= 15 is 0 Å². The highest BCUT2D eigenvalue weighted by Gasteiger charge is 2.15. The van der Waals surface area contributed by atoms with Gasteiger partial charge in [-0.1, -0.05) is 46.7 Å². The number of benzene rings is 2. The number of rotatable bonds is 7. The van der Waals surface area contributed by atoms with E-state index in [1.54, 1.807) is 0 Å². The predicted molar refractivity (Wildman–Crippen MR) is 103 cm³/mol. The molecule has 10 heteroatoms. The van der Waals surface area contributed by atoms with Gasteiger partial charge < -0.3 is 14.6 Å². The third kappa shape index (κ3) is 4.65. The number of hydrogen-bond donors (Lipinski definition) is 1. The molecule has 2 aromatic carbocycles. The second-order valence-corrected chi connectivity index (χ2v) is 6.66. The first-order valence-electron chi connectivity index (χ1n) is 8.12. The molecule has 0 aliphatic carbocycles. The van der Waals surface area contributed by atoms with Gasteiger partial charge in [0.1, 0.15) is 5.75 Å². The molecule has 144 valence electrons. The number of nitrogens with zero attached hydrogens (tertiary/aromatic N) is 3. The Kier molecular flexibility index (Phi) is 5.90. The fourth-order valence-electron chi connectivity index (χ4n) is 2.31. The number of methoxy groups -OCH3 is 1. The number of non-ortho nitro benzene ring substituents is 1. The molecule has 0 atom stereocenters. The molecule has 0 radical (unpaired) electrons. The molecule has 0 fully saturated rings. The second kappa shape index (κ2) is 8.53. The first-order valence-corrected chi connectivity index (χ1v) is 9.10. The molecule has 0 aliphatic rings. The zero-order valence-electron chi connectivity index (χ0n) is 15.0. The van der Waals surface area contributed by atoms with Crippen LogP contribution in [0, 0.1) is 17.0 Å². The maximum atomic E-state index is 12.2. The van der Waals surface area contributed by atoms with Crippen LogP contribution in [0.15, 0.2) is 52.2 Å². The van der Waals surface area contributed by atoms with Gasteiger partial charge in [-0.3, -0.25) is 14.9 Å². The molecule has 1 aromatic heterocycles. The lowest BCUT2D eigenvalue weighted by Gasteiger charge is -2.09. The van der Waals surface area contributed by atoms with Gasteiger partial charge in [-0.25, -0.2) is 0 Å². The van der Waals surface area contributed by atoms with Crippen LogP contribution in [0.3, 0.4) is 0 Å². The number of ether oxygens (including phenoxy) is 1. The molecule has 3 rings (SSSR count). The number of aromatic nitrogens is 2. The Hall–Kier alpha value is -3.40. The van der Waals surface area contributed by atoms with E-state index in [1.807, 2.05) is 31.2 Å². The van der Waals surface area contributed by atoms with Crippen molar-refractivity contribution >= 4 is 29.0 Å². The van der Waals surface area contributed by atoms with Crippen molar-refractivity contribution in [3.05, 3.63) is 58.1 Å². The van der Waals surface area contributed by atoms with E-state index in [9.17, 15) is 14.9 Å². The normalized spacial score (nSPS) is 10.5. The van der Waals surface area contributed by atoms with Crippen molar-refractivity contribution in [2.24, 2.45) is 0 Å². The van der Waals surface area contributed by atoms with E-state index in [-0.39, 0.29) is 28.3 Å². The number of amides is 1. The summed E-state index contributed by atoms with van der Waals surface area (Å²) in [6, 6.07) is 11.6. The smallest absolute Gasteiger partial charge is 0.286 e. The molecular formula is C18H16N4O5S. The molecule has 28 heavy (non-hydrogen) atoms. The topological polar surface area (TPSA) is 120 Å². The maximum Gasteiger partial charge on any atom is 0.286 e. The molecule has 0 aliphatic heterocycles. The van der Waals surface area contributed by atoms with Crippen molar-refractivity contribution in [3.63, 3.8) is 0 Å². The quantitative estimate of drug-likeness (QED) is 0.362. The van der Waals surface area contributed by atoms with Crippen LogP contribution in [0.1, 0.15) is 5.56 Å². The molecule has 0 saturated heterocycles. The highest BCUT2D eigenvalue weighted by Crippen LogP contribution is 2.29. The molecule has 0 spiro atoms. The van der Waals surface area contributed by atoms with Gasteiger partial charge in [0.15, 0.2) is 0 Å². The largest absolute Gasteiger partial charge is 0.495 e. The molecule has 9 nitrogen and oxygen atoms in total. The van der Waals surface area contributed by atoms with Crippen molar-refractivity contribution in [2.45, 2.75) is 12.1 Å². The number of carbonyl (C=O) groups is 1. The van der Waals surface area contributed by atoms with Crippen molar-refractivity contribution in [1.82, 2.24) is 10.1 Å². The zero-order chi connectivity index (χ0) is 20.1. The summed E-state index contributed by atoms with van der Waals surface area (Å²) in [6.07, 6.45) is 0. The highest BCUT2D eigenvalue weighted by atomic mass is 32.2. The Morgan fingerprint density at radius 3 is 2.71 bits per heavy atom. The fraction of sp³-hybridized carbons (Fsp3) is 0.167. The fourth-order valence-corrected chi connectivity index (χ4v) is 2.88. The van der Waals surface area contributed by atoms with Gasteiger partial charge in [0.2, 0.25) is 11.7 Å². The number of hydrogen-bond acceptors (Lipinski definition) is 8. The van der Waals surface area contributed by atoms with Gasteiger partial charge in [-0.05, 0) is 13.0 Å². The van der Waals surface area contributed by atoms with Crippen LogP contribution in [0.2, 0.25) is 0 Å². The van der Waals surface area contributed by atoms with E-state index in [0.717, 1.165) is 22.9 Å². The van der Waals surface area contributed by atoms with Crippen molar-refractivity contribution < 1.29 is 19.0 Å². The lowest BCUT2D eigenvalue weighted by atomic mass is 10.1. The molecule has 0 unspecified atom stereocenters. The second-order valence-electron chi connectivity index (χ2n) is 5.73. The monoisotopic (exact) mass is 400 g/mol. The number of aryl methyl sites for hydroxylation is 1. The highest BCUT2D eigenvalue weighted by molar-refractivity contribution is 7.99. The summed E-state index contributed by atoms with van der Waals surface area (Å²) in [4.78, 5) is 26.8. The SMILES string of the molecule is COc1ccc([N+](=O)[O-])cc1NC(=O)CSc1nc(-c2ccc(C)cc2)no1. The molecule has 1 heterocycles. The minimum atomic E-state index is -0.547. The number of thioether (sulfide) groups is 1. The minimum absolute atomic E-state index is 0.0125. The van der Waals surface area contributed by atoms with Crippen LogP contribution in [-0.4, -0.2) is 33.8 Å². The van der Waals surface area contributed by atoms with Crippen LogP contribution in [0.25, 0.3) is 11.4 Å². The van der Waals surface area contributed by atoms with Gasteiger partial charge in [0, 0.05) is 17.7 Å². The molecule has 0 saturated carbocycles. The Labute approximate surface area is 164 Å². The number of anilines is 1. The summed E-state index contributed by atoms with van der Waals surface area (Å²) in [7, 11) is 1.41. The first-order chi connectivity index (χ1) is 13.5. The summed E-state index contributed by atoms with van der Waals surface area (Å²) in [6.45, 7) is 1.98. The summed E-state index contributed by atoms with van der Waals surface area (Å²) >= 11 is 1.06. The predicted octanol–water partition coefficient (Wildman–Crippen LogP) is 3.69. The summed E-state index contributed by atoms with van der Waals surface area (Å²) in [5.74, 6) is 0.354. The number of nitro groups is 1. The third-order valence-corrected chi connectivity index (χ3v) is 4.53. The lowest BCUT2D eigenvalue weighted by Crippen LogP contribution is -2.14. The van der Waals surface area contributed by atoms with Crippen molar-refractivity contribution in [1.29, 1.82) is 0 Å². The van der Waals surface area contributed by atoms with E-state index < -0.39 is 4.92 Å². The Balaban J connectivity index is 1.63. The van der Waals surface area contributed by atoms with E-state index in [2.05, 4.69) is 15.5 Å². The molecule has 0 bridgehead atoms. The summed E-state index contributed by atoms with van der Waals surface area (Å²) in [5.41, 5.74) is 2.00. The zero-order valence-corrected chi connectivity index (χ0v) is 15.9. The van der Waals surface area contributed by atoms with Crippen LogP contribution in [-0.2, 0) is 4.79 Å². The van der Waals surface area contributed by atoms with Crippen LogP contribution < -0.4 is 10.1 Å². The Morgan fingerprint density at radius 1 is 1.29 bits per heavy atom. The molecule has 1 amide bonds. The lowest BCUT2D eigenvalue weighted by molar-refractivity contribution is -0.384. The average Bonchev–Trinajstić information content (AvgIpc) is 3.16. The first kappa shape index (κ1) is 19.4. The minimum Gasteiger partial charge on any atom is -0.495 e. The molecular weight excluding hydrogens is 384 g/mol. The standard InChI is InChI=1S/C18H16N4O5S/c1-11-3-5-12(6-4-11)17-20-18(27-21-17)28-10-16(23)19-14-9-13(22(24)25)7-8-15(14)26-2/h3-9H,10H2,1-2H3,(H,19,23).